The third-order valence-corrected chi connectivity index (χ3v) is 5.38. The van der Waals surface area contributed by atoms with Gasteiger partial charge >= 0.3 is 5.97 Å². The van der Waals surface area contributed by atoms with Crippen LogP contribution in [0.5, 0.6) is 11.5 Å². The number of anilines is 1. The van der Waals surface area contributed by atoms with Gasteiger partial charge in [0.2, 0.25) is 0 Å². The zero-order valence-electron chi connectivity index (χ0n) is 15.4. The Morgan fingerprint density at radius 1 is 0.964 bits per heavy atom. The summed E-state index contributed by atoms with van der Waals surface area (Å²) in [6, 6.07) is 10.9. The predicted molar refractivity (Wildman–Crippen MR) is 107 cm³/mol. The maximum atomic E-state index is 11.2. The molecule has 0 spiro atoms. The Balaban J connectivity index is 1.70. The van der Waals surface area contributed by atoms with E-state index in [1.807, 2.05) is 30.5 Å². The molecule has 2 aromatic carbocycles. The topological polar surface area (TPSA) is 71.9 Å². The van der Waals surface area contributed by atoms with Crippen LogP contribution in [0.15, 0.2) is 42.6 Å². The molecule has 0 radical (unpaired) electrons. The number of carboxylic acids is 1. The lowest BCUT2D eigenvalue weighted by Crippen LogP contribution is -2.20. The first-order chi connectivity index (χ1) is 13.7. The van der Waals surface area contributed by atoms with Gasteiger partial charge in [0.05, 0.1) is 5.56 Å². The molecule has 2 aliphatic rings. The van der Waals surface area contributed by atoms with Gasteiger partial charge in [-0.15, -0.1) is 0 Å². The summed E-state index contributed by atoms with van der Waals surface area (Å²) in [5.74, 6) is 1.52. The fourth-order valence-corrected chi connectivity index (χ4v) is 3.96. The van der Waals surface area contributed by atoms with Crippen molar-refractivity contribution in [2.24, 2.45) is 0 Å². The molecule has 1 saturated heterocycles. The number of ether oxygens (including phenoxy) is 2. The van der Waals surface area contributed by atoms with Crippen LogP contribution in [0, 0.1) is 0 Å². The molecule has 6 nitrogen and oxygen atoms in total. The van der Waals surface area contributed by atoms with Gasteiger partial charge in [-0.3, -0.25) is 0 Å². The highest BCUT2D eigenvalue weighted by atomic mass is 16.6. The first-order valence-electron chi connectivity index (χ1n) is 9.52. The molecule has 0 atom stereocenters. The highest BCUT2D eigenvalue weighted by Gasteiger charge is 2.22. The van der Waals surface area contributed by atoms with Crippen LogP contribution in [0.2, 0.25) is 0 Å². The number of rotatable bonds is 3. The van der Waals surface area contributed by atoms with Crippen LogP contribution in [0.4, 0.5) is 5.82 Å². The number of carbonyl (C=O) groups is 1. The van der Waals surface area contributed by atoms with Crippen LogP contribution in [-0.2, 0) is 0 Å². The molecule has 0 aliphatic carbocycles. The van der Waals surface area contributed by atoms with Crippen molar-refractivity contribution in [1.82, 2.24) is 4.98 Å². The first kappa shape index (κ1) is 16.9. The molecule has 0 bridgehead atoms. The van der Waals surface area contributed by atoms with E-state index < -0.39 is 5.97 Å². The van der Waals surface area contributed by atoms with Crippen molar-refractivity contribution >= 4 is 22.6 Å². The Morgan fingerprint density at radius 2 is 1.61 bits per heavy atom. The average Bonchev–Trinajstić information content (AvgIpc) is 3.26. The number of hydrogen-bond donors (Lipinski definition) is 1. The van der Waals surface area contributed by atoms with Crippen molar-refractivity contribution in [2.45, 2.75) is 12.8 Å². The number of fused-ring (bicyclic) bond motifs is 2. The van der Waals surface area contributed by atoms with E-state index in [1.54, 1.807) is 12.1 Å². The van der Waals surface area contributed by atoms with Crippen LogP contribution in [0.1, 0.15) is 23.2 Å². The molecule has 3 aromatic rings. The molecular weight excluding hydrogens is 356 g/mol. The lowest BCUT2D eigenvalue weighted by molar-refractivity contribution is 0.0697. The maximum Gasteiger partial charge on any atom is 0.335 e. The summed E-state index contributed by atoms with van der Waals surface area (Å²) in [7, 11) is 0. The minimum atomic E-state index is -0.932. The number of benzene rings is 2. The molecule has 0 saturated carbocycles. The van der Waals surface area contributed by atoms with E-state index in [1.165, 1.54) is 12.8 Å². The number of aromatic carboxylic acids is 1. The second-order valence-electron chi connectivity index (χ2n) is 7.11. The van der Waals surface area contributed by atoms with E-state index in [2.05, 4.69) is 4.90 Å². The molecule has 142 valence electrons. The van der Waals surface area contributed by atoms with E-state index in [4.69, 9.17) is 19.6 Å². The van der Waals surface area contributed by atoms with Crippen molar-refractivity contribution in [3.8, 4) is 22.6 Å². The number of aromatic nitrogens is 1. The second kappa shape index (κ2) is 6.71. The predicted octanol–water partition coefficient (Wildman–Crippen LogP) is 3.97. The molecule has 2 aliphatic heterocycles. The standard InChI is InChI=1S/C22H20N2O4/c25-22(26)15-5-3-14(4-6-15)18-13-23-21(24-7-1-2-8-24)17-12-20-19(11-16(17)18)27-9-10-28-20/h3-6,11-13H,1-2,7-10H2,(H,25,26). The number of hydrogen-bond acceptors (Lipinski definition) is 5. The van der Waals surface area contributed by atoms with Gasteiger partial charge in [0.1, 0.15) is 19.0 Å². The summed E-state index contributed by atoms with van der Waals surface area (Å²) in [4.78, 5) is 18.3. The molecule has 5 rings (SSSR count). The summed E-state index contributed by atoms with van der Waals surface area (Å²) < 4.78 is 11.6. The quantitative estimate of drug-likeness (QED) is 0.746. The zero-order valence-corrected chi connectivity index (χ0v) is 15.4. The highest BCUT2D eigenvalue weighted by molar-refractivity contribution is 6.04. The fraction of sp³-hybridized carbons (Fsp3) is 0.273. The molecule has 6 heteroatoms. The first-order valence-corrected chi connectivity index (χ1v) is 9.52. The average molecular weight is 376 g/mol. The molecule has 1 N–H and O–H groups in total. The van der Waals surface area contributed by atoms with E-state index in [9.17, 15) is 4.79 Å². The number of nitrogens with zero attached hydrogens (tertiary/aromatic N) is 2. The zero-order chi connectivity index (χ0) is 19.1. The molecular formula is C22H20N2O4. The largest absolute Gasteiger partial charge is 0.486 e. The van der Waals surface area contributed by atoms with Gasteiger partial charge in [0.15, 0.2) is 11.5 Å². The van der Waals surface area contributed by atoms with Crippen LogP contribution in [-0.4, -0.2) is 42.4 Å². The normalized spacial score (nSPS) is 15.8. The Kier molecular flexibility index (Phi) is 4.04. The van der Waals surface area contributed by atoms with Gasteiger partial charge in [0.25, 0.3) is 0 Å². The fourth-order valence-electron chi connectivity index (χ4n) is 3.96. The van der Waals surface area contributed by atoms with Crippen LogP contribution in [0.3, 0.4) is 0 Å². The Labute approximate surface area is 162 Å². The van der Waals surface area contributed by atoms with Crippen LogP contribution >= 0.6 is 0 Å². The third kappa shape index (κ3) is 2.81. The van der Waals surface area contributed by atoms with Gasteiger partial charge < -0.3 is 19.5 Å². The molecule has 28 heavy (non-hydrogen) atoms. The molecule has 0 amide bonds. The smallest absolute Gasteiger partial charge is 0.335 e. The molecule has 3 heterocycles. The van der Waals surface area contributed by atoms with Crippen molar-refractivity contribution in [1.29, 1.82) is 0 Å². The lowest BCUT2D eigenvalue weighted by atomic mass is 9.98. The minimum absolute atomic E-state index is 0.267. The summed E-state index contributed by atoms with van der Waals surface area (Å²) in [5, 5.41) is 11.2. The highest BCUT2D eigenvalue weighted by Crippen LogP contribution is 2.41. The van der Waals surface area contributed by atoms with E-state index >= 15 is 0 Å². The van der Waals surface area contributed by atoms with Crippen molar-refractivity contribution in [2.75, 3.05) is 31.2 Å². The second-order valence-corrected chi connectivity index (χ2v) is 7.11. The number of pyridine rings is 1. The Hall–Kier alpha value is -3.28. The monoisotopic (exact) mass is 376 g/mol. The SMILES string of the molecule is O=C(O)c1ccc(-c2cnc(N3CCCC3)c3cc4c(cc23)OCCO4)cc1. The van der Waals surface area contributed by atoms with Gasteiger partial charge in [-0.25, -0.2) is 9.78 Å². The van der Waals surface area contributed by atoms with Crippen LogP contribution in [0.25, 0.3) is 21.9 Å². The van der Waals surface area contributed by atoms with Gasteiger partial charge in [-0.05, 0) is 48.1 Å². The van der Waals surface area contributed by atoms with E-state index in [0.29, 0.717) is 13.2 Å². The summed E-state index contributed by atoms with van der Waals surface area (Å²) in [6.07, 6.45) is 4.22. The van der Waals surface area contributed by atoms with Crippen molar-refractivity contribution < 1.29 is 19.4 Å². The molecule has 1 aromatic heterocycles. The van der Waals surface area contributed by atoms with Gasteiger partial charge in [-0.2, -0.15) is 0 Å². The summed E-state index contributed by atoms with van der Waals surface area (Å²) in [6.45, 7) is 3.08. The van der Waals surface area contributed by atoms with E-state index in [0.717, 1.165) is 52.3 Å². The van der Waals surface area contributed by atoms with Crippen molar-refractivity contribution in [3.05, 3.63) is 48.2 Å². The van der Waals surface area contributed by atoms with Gasteiger partial charge in [-0.1, -0.05) is 12.1 Å². The number of carboxylic acid groups (broad SMARTS) is 1. The summed E-state index contributed by atoms with van der Waals surface area (Å²) in [5.41, 5.74) is 2.14. The maximum absolute atomic E-state index is 11.2. The molecule has 0 unspecified atom stereocenters. The third-order valence-electron chi connectivity index (χ3n) is 5.38. The summed E-state index contributed by atoms with van der Waals surface area (Å²) >= 11 is 0. The van der Waals surface area contributed by atoms with E-state index in [-0.39, 0.29) is 5.56 Å². The minimum Gasteiger partial charge on any atom is -0.486 e. The van der Waals surface area contributed by atoms with Crippen molar-refractivity contribution in [3.63, 3.8) is 0 Å². The van der Waals surface area contributed by atoms with Crippen LogP contribution < -0.4 is 14.4 Å². The molecule has 1 fully saturated rings. The van der Waals surface area contributed by atoms with Gasteiger partial charge in [0, 0.05) is 30.2 Å². The Morgan fingerprint density at radius 3 is 2.25 bits per heavy atom. The lowest BCUT2D eigenvalue weighted by Gasteiger charge is -2.23. The Bertz CT molecular complexity index is 1060.